The van der Waals surface area contributed by atoms with Crippen molar-refractivity contribution in [3.63, 3.8) is 0 Å². The van der Waals surface area contributed by atoms with E-state index < -0.39 is 18.5 Å². The molecular weight excluding hydrogens is 445 g/mol. The summed E-state index contributed by atoms with van der Waals surface area (Å²) >= 11 is 14.1. The molecule has 2 aromatic carbocycles. The summed E-state index contributed by atoms with van der Waals surface area (Å²) in [6.45, 7) is 1.52. The third-order valence-electron chi connectivity index (χ3n) is 4.24. The van der Waals surface area contributed by atoms with Crippen LogP contribution in [0.5, 0.6) is 0 Å². The fourth-order valence-corrected chi connectivity index (χ4v) is 3.75. The highest BCUT2D eigenvalue weighted by atomic mass is 35.5. The minimum atomic E-state index is -0.712. The number of hydrogen-bond acceptors (Lipinski definition) is 5. The van der Waals surface area contributed by atoms with E-state index in [1.54, 1.807) is 30.8 Å². The predicted molar refractivity (Wildman–Crippen MR) is 120 cm³/mol. The first-order valence-electron chi connectivity index (χ1n) is 8.96. The summed E-state index contributed by atoms with van der Waals surface area (Å²) in [5.74, 6) is -1.16. The Bertz CT molecular complexity index is 1090. The van der Waals surface area contributed by atoms with Crippen molar-refractivity contribution >= 4 is 52.5 Å². The Morgan fingerprint density at radius 1 is 1.17 bits per heavy atom. The second-order valence-corrected chi connectivity index (χ2v) is 8.00. The van der Waals surface area contributed by atoms with Crippen molar-refractivity contribution in [3.05, 3.63) is 75.5 Å². The van der Waals surface area contributed by atoms with E-state index in [2.05, 4.69) is 10.4 Å². The van der Waals surface area contributed by atoms with Gasteiger partial charge < -0.3 is 10.1 Å². The number of nitrogens with one attached hydrogen (secondary N) is 1. The Balaban J connectivity index is 1.64. The molecule has 0 atom stereocenters. The largest absolute Gasteiger partial charge is 0.452 e. The molecule has 0 unspecified atom stereocenters. The number of thioether (sulfide) groups is 1. The van der Waals surface area contributed by atoms with E-state index in [1.807, 2.05) is 42.7 Å². The van der Waals surface area contributed by atoms with Gasteiger partial charge >= 0.3 is 5.97 Å². The van der Waals surface area contributed by atoms with E-state index in [4.69, 9.17) is 27.9 Å². The van der Waals surface area contributed by atoms with E-state index in [1.165, 1.54) is 4.68 Å². The van der Waals surface area contributed by atoms with Crippen LogP contribution in [0.2, 0.25) is 10.2 Å². The molecule has 0 saturated heterocycles. The van der Waals surface area contributed by atoms with E-state index in [0.29, 0.717) is 22.9 Å². The number of aryl methyl sites for hydroxylation is 1. The van der Waals surface area contributed by atoms with Gasteiger partial charge in [0.15, 0.2) is 6.61 Å². The lowest BCUT2D eigenvalue weighted by Crippen LogP contribution is -2.21. The SMILES string of the molecule is CSc1cccc(NC(=O)COC(=O)c2c(C)nn(Cc3ccccc3Cl)c2Cl)c1. The Hall–Kier alpha value is -2.48. The van der Waals surface area contributed by atoms with Crippen LogP contribution in [0, 0.1) is 6.92 Å². The van der Waals surface area contributed by atoms with Crippen molar-refractivity contribution in [2.45, 2.75) is 18.4 Å². The van der Waals surface area contributed by atoms with E-state index in [-0.39, 0.29) is 10.7 Å². The number of carbonyl (C=O) groups excluding carboxylic acids is 2. The van der Waals surface area contributed by atoms with Gasteiger partial charge in [0.1, 0.15) is 10.7 Å². The number of anilines is 1. The number of halogens is 2. The predicted octanol–water partition coefficient (Wildman–Crippen LogP) is 5.06. The number of rotatable bonds is 7. The number of esters is 1. The van der Waals surface area contributed by atoms with Gasteiger partial charge in [-0.25, -0.2) is 9.48 Å². The molecule has 1 heterocycles. The summed E-state index contributed by atoms with van der Waals surface area (Å²) in [5.41, 5.74) is 1.98. The molecule has 30 heavy (non-hydrogen) atoms. The highest BCUT2D eigenvalue weighted by Crippen LogP contribution is 2.24. The van der Waals surface area contributed by atoms with Gasteiger partial charge in [0.05, 0.1) is 12.2 Å². The summed E-state index contributed by atoms with van der Waals surface area (Å²) in [5, 5.41) is 7.71. The molecule has 0 radical (unpaired) electrons. The number of carbonyl (C=O) groups is 2. The summed E-state index contributed by atoms with van der Waals surface area (Å²) in [4.78, 5) is 25.7. The maximum absolute atomic E-state index is 12.5. The molecule has 0 aliphatic rings. The second kappa shape index (κ2) is 10.0. The van der Waals surface area contributed by atoms with Crippen LogP contribution in [0.4, 0.5) is 5.69 Å². The molecule has 1 aromatic heterocycles. The van der Waals surface area contributed by atoms with E-state index >= 15 is 0 Å². The average Bonchev–Trinajstić information content (AvgIpc) is 3.01. The van der Waals surface area contributed by atoms with Crippen LogP contribution in [0.15, 0.2) is 53.4 Å². The van der Waals surface area contributed by atoms with Crippen LogP contribution < -0.4 is 5.32 Å². The third-order valence-corrected chi connectivity index (χ3v) is 5.71. The molecule has 3 aromatic rings. The highest BCUT2D eigenvalue weighted by molar-refractivity contribution is 7.98. The van der Waals surface area contributed by atoms with Crippen LogP contribution in [0.3, 0.4) is 0 Å². The molecule has 1 N–H and O–H groups in total. The highest BCUT2D eigenvalue weighted by Gasteiger charge is 2.23. The third kappa shape index (κ3) is 5.36. The number of nitrogens with zero attached hydrogens (tertiary/aromatic N) is 2. The number of ether oxygens (including phenoxy) is 1. The van der Waals surface area contributed by atoms with Gasteiger partial charge in [-0.2, -0.15) is 5.10 Å². The van der Waals surface area contributed by atoms with Crippen molar-refractivity contribution in [3.8, 4) is 0 Å². The molecule has 0 bridgehead atoms. The zero-order chi connectivity index (χ0) is 21.7. The molecule has 156 valence electrons. The Kier molecular flexibility index (Phi) is 7.42. The summed E-state index contributed by atoms with van der Waals surface area (Å²) in [6.07, 6.45) is 1.95. The quantitative estimate of drug-likeness (QED) is 0.391. The Morgan fingerprint density at radius 3 is 2.67 bits per heavy atom. The van der Waals surface area contributed by atoms with Crippen LogP contribution in [0.1, 0.15) is 21.6 Å². The van der Waals surface area contributed by atoms with Crippen molar-refractivity contribution < 1.29 is 14.3 Å². The van der Waals surface area contributed by atoms with Gasteiger partial charge in [-0.3, -0.25) is 4.79 Å². The van der Waals surface area contributed by atoms with Crippen molar-refractivity contribution in [2.24, 2.45) is 0 Å². The van der Waals surface area contributed by atoms with Crippen LogP contribution in [-0.2, 0) is 16.1 Å². The molecular formula is C21H19Cl2N3O3S. The van der Waals surface area contributed by atoms with Crippen molar-refractivity contribution in [1.29, 1.82) is 0 Å². The summed E-state index contributed by atoms with van der Waals surface area (Å²) < 4.78 is 6.62. The molecule has 0 fully saturated rings. The Morgan fingerprint density at radius 2 is 1.93 bits per heavy atom. The summed E-state index contributed by atoms with van der Waals surface area (Å²) in [7, 11) is 0. The summed E-state index contributed by atoms with van der Waals surface area (Å²) in [6, 6.07) is 14.7. The fourth-order valence-electron chi connectivity index (χ4n) is 2.78. The molecule has 6 nitrogen and oxygen atoms in total. The van der Waals surface area contributed by atoms with Gasteiger partial charge in [0, 0.05) is 15.6 Å². The van der Waals surface area contributed by atoms with Crippen LogP contribution in [-0.4, -0.2) is 34.5 Å². The maximum atomic E-state index is 12.5. The van der Waals surface area contributed by atoms with Gasteiger partial charge in [0.2, 0.25) is 0 Å². The van der Waals surface area contributed by atoms with E-state index in [9.17, 15) is 9.59 Å². The number of amides is 1. The van der Waals surface area contributed by atoms with Gasteiger partial charge in [-0.1, -0.05) is 47.5 Å². The molecule has 0 aliphatic heterocycles. The topological polar surface area (TPSA) is 73.2 Å². The zero-order valence-electron chi connectivity index (χ0n) is 16.3. The first kappa shape index (κ1) is 22.2. The molecule has 0 aliphatic carbocycles. The molecule has 0 saturated carbocycles. The second-order valence-electron chi connectivity index (χ2n) is 6.36. The lowest BCUT2D eigenvalue weighted by atomic mass is 10.2. The van der Waals surface area contributed by atoms with E-state index in [0.717, 1.165) is 10.5 Å². The molecule has 0 spiro atoms. The van der Waals surface area contributed by atoms with Crippen LogP contribution in [0.25, 0.3) is 0 Å². The first-order valence-corrected chi connectivity index (χ1v) is 10.9. The maximum Gasteiger partial charge on any atom is 0.343 e. The normalized spacial score (nSPS) is 10.7. The van der Waals surface area contributed by atoms with Gasteiger partial charge in [0.25, 0.3) is 5.91 Å². The molecule has 9 heteroatoms. The minimum Gasteiger partial charge on any atom is -0.452 e. The standard InChI is InChI=1S/C21H19Cl2N3O3S/c1-13-19(20(23)26(25-13)11-14-6-3-4-9-17(14)22)21(28)29-12-18(27)24-15-7-5-8-16(10-15)30-2/h3-10H,11-12H2,1-2H3,(H,24,27). The van der Waals surface area contributed by atoms with Crippen molar-refractivity contribution in [2.75, 3.05) is 18.2 Å². The van der Waals surface area contributed by atoms with Gasteiger partial charge in [-0.15, -0.1) is 11.8 Å². The monoisotopic (exact) mass is 463 g/mol. The smallest absolute Gasteiger partial charge is 0.343 e. The first-order chi connectivity index (χ1) is 14.4. The number of hydrogen-bond donors (Lipinski definition) is 1. The average molecular weight is 464 g/mol. The molecule has 3 rings (SSSR count). The molecule has 1 amide bonds. The Labute approximate surface area is 188 Å². The van der Waals surface area contributed by atoms with Gasteiger partial charge in [-0.05, 0) is 43.0 Å². The van der Waals surface area contributed by atoms with Crippen LogP contribution >= 0.6 is 35.0 Å². The number of aromatic nitrogens is 2. The lowest BCUT2D eigenvalue weighted by Gasteiger charge is -2.08. The zero-order valence-corrected chi connectivity index (χ0v) is 18.6. The fraction of sp³-hybridized carbons (Fsp3) is 0.190. The van der Waals surface area contributed by atoms with Crippen molar-refractivity contribution in [1.82, 2.24) is 9.78 Å². The lowest BCUT2D eigenvalue weighted by molar-refractivity contribution is -0.119. The number of benzene rings is 2. The minimum absolute atomic E-state index is 0.126.